The van der Waals surface area contributed by atoms with E-state index >= 15 is 0 Å². The highest BCUT2D eigenvalue weighted by Crippen LogP contribution is 2.28. The standard InChI is InChI=1S/C14H13ClOS2/c1-2-10-7-8-14(18-10)12(16)9-17-13-6-4-3-5-11(13)15/h3-8H,2,9H2,1H3. The fraction of sp³-hybridized carbons (Fsp3) is 0.214. The van der Waals surface area contributed by atoms with Gasteiger partial charge >= 0.3 is 0 Å². The van der Waals surface area contributed by atoms with Crippen molar-refractivity contribution in [2.24, 2.45) is 0 Å². The third kappa shape index (κ3) is 3.37. The molecule has 0 N–H and O–H groups in total. The lowest BCUT2D eigenvalue weighted by molar-refractivity contribution is 0.102. The number of carbonyl (C=O) groups is 1. The SMILES string of the molecule is CCc1ccc(C(=O)CSc2ccccc2Cl)s1. The molecule has 0 amide bonds. The first-order valence-corrected chi connectivity index (χ1v) is 7.88. The first-order valence-electron chi connectivity index (χ1n) is 5.70. The summed E-state index contributed by atoms with van der Waals surface area (Å²) >= 11 is 9.13. The first kappa shape index (κ1) is 13.7. The number of rotatable bonds is 5. The van der Waals surface area contributed by atoms with Crippen molar-refractivity contribution in [2.45, 2.75) is 18.2 Å². The van der Waals surface area contributed by atoms with Gasteiger partial charge in [-0.1, -0.05) is 30.7 Å². The quantitative estimate of drug-likeness (QED) is 0.574. The van der Waals surface area contributed by atoms with Crippen molar-refractivity contribution < 1.29 is 4.79 Å². The Hall–Kier alpha value is -0.770. The van der Waals surface area contributed by atoms with Crippen LogP contribution in [-0.4, -0.2) is 11.5 Å². The zero-order valence-electron chi connectivity index (χ0n) is 9.98. The van der Waals surface area contributed by atoms with Gasteiger partial charge in [-0.15, -0.1) is 23.1 Å². The third-order valence-corrected chi connectivity index (χ3v) is 5.27. The van der Waals surface area contributed by atoms with Crippen LogP contribution in [0.15, 0.2) is 41.3 Å². The number of benzene rings is 1. The molecule has 0 aliphatic carbocycles. The Morgan fingerprint density at radius 2 is 2.06 bits per heavy atom. The summed E-state index contributed by atoms with van der Waals surface area (Å²) in [5.74, 6) is 0.609. The maximum Gasteiger partial charge on any atom is 0.182 e. The van der Waals surface area contributed by atoms with Gasteiger partial charge in [0, 0.05) is 9.77 Å². The summed E-state index contributed by atoms with van der Waals surface area (Å²) in [6.07, 6.45) is 0.982. The van der Waals surface area contributed by atoms with Crippen LogP contribution in [0, 0.1) is 0 Å². The molecule has 0 aliphatic rings. The average Bonchev–Trinajstić information content (AvgIpc) is 2.86. The minimum Gasteiger partial charge on any atom is -0.292 e. The summed E-state index contributed by atoms with van der Waals surface area (Å²) in [4.78, 5) is 15.1. The number of thiophene rings is 1. The van der Waals surface area contributed by atoms with Gasteiger partial charge in [-0.25, -0.2) is 0 Å². The number of thioether (sulfide) groups is 1. The van der Waals surface area contributed by atoms with Crippen molar-refractivity contribution in [2.75, 3.05) is 5.75 Å². The molecule has 0 aliphatic heterocycles. The molecule has 2 aromatic rings. The number of Topliss-reactive ketones (excluding diaryl/α,β-unsaturated/α-hetero) is 1. The van der Waals surface area contributed by atoms with Gasteiger partial charge in [0.05, 0.1) is 15.7 Å². The van der Waals surface area contributed by atoms with E-state index in [2.05, 4.69) is 6.92 Å². The van der Waals surface area contributed by atoms with Crippen LogP contribution in [0.1, 0.15) is 21.5 Å². The van der Waals surface area contributed by atoms with E-state index in [0.29, 0.717) is 10.8 Å². The lowest BCUT2D eigenvalue weighted by Gasteiger charge is -2.02. The second-order valence-electron chi connectivity index (χ2n) is 3.76. The lowest BCUT2D eigenvalue weighted by Crippen LogP contribution is -1.99. The molecule has 0 fully saturated rings. The van der Waals surface area contributed by atoms with Gasteiger partial charge in [0.15, 0.2) is 5.78 Å². The van der Waals surface area contributed by atoms with Crippen molar-refractivity contribution in [3.63, 3.8) is 0 Å². The fourth-order valence-electron chi connectivity index (χ4n) is 1.49. The molecule has 1 nitrogen and oxygen atoms in total. The molecule has 0 saturated heterocycles. The van der Waals surface area contributed by atoms with Gasteiger partial charge in [0.25, 0.3) is 0 Å². The monoisotopic (exact) mass is 296 g/mol. The van der Waals surface area contributed by atoms with Crippen molar-refractivity contribution >= 4 is 40.5 Å². The molecule has 1 aromatic carbocycles. The molecule has 94 valence electrons. The van der Waals surface area contributed by atoms with E-state index in [1.165, 1.54) is 16.6 Å². The van der Waals surface area contributed by atoms with E-state index in [9.17, 15) is 4.79 Å². The van der Waals surface area contributed by atoms with E-state index in [1.807, 2.05) is 36.4 Å². The van der Waals surface area contributed by atoms with Crippen LogP contribution < -0.4 is 0 Å². The van der Waals surface area contributed by atoms with Crippen LogP contribution in [0.2, 0.25) is 5.02 Å². The van der Waals surface area contributed by atoms with Gasteiger partial charge < -0.3 is 0 Å². The lowest BCUT2D eigenvalue weighted by atomic mass is 10.3. The summed E-state index contributed by atoms with van der Waals surface area (Å²) in [7, 11) is 0. The van der Waals surface area contributed by atoms with Crippen LogP contribution in [-0.2, 0) is 6.42 Å². The van der Waals surface area contributed by atoms with Crippen molar-refractivity contribution in [1.82, 2.24) is 0 Å². The van der Waals surface area contributed by atoms with Crippen LogP contribution in [0.25, 0.3) is 0 Å². The van der Waals surface area contributed by atoms with E-state index in [-0.39, 0.29) is 5.78 Å². The van der Waals surface area contributed by atoms with E-state index in [4.69, 9.17) is 11.6 Å². The molecule has 0 radical (unpaired) electrons. The molecule has 0 bridgehead atoms. The zero-order chi connectivity index (χ0) is 13.0. The maximum absolute atomic E-state index is 12.0. The van der Waals surface area contributed by atoms with Crippen molar-refractivity contribution in [3.8, 4) is 0 Å². The normalized spacial score (nSPS) is 10.6. The average molecular weight is 297 g/mol. The number of hydrogen-bond donors (Lipinski definition) is 0. The maximum atomic E-state index is 12.0. The molecular formula is C14H13ClOS2. The summed E-state index contributed by atoms with van der Waals surface area (Å²) in [5.41, 5.74) is 0. The largest absolute Gasteiger partial charge is 0.292 e. The fourth-order valence-corrected chi connectivity index (χ4v) is 3.59. The Morgan fingerprint density at radius 1 is 1.28 bits per heavy atom. The van der Waals surface area contributed by atoms with Gasteiger partial charge in [-0.2, -0.15) is 0 Å². The Kier molecular flexibility index (Phi) is 4.87. The summed E-state index contributed by atoms with van der Waals surface area (Å²) < 4.78 is 0. The summed E-state index contributed by atoms with van der Waals surface area (Å²) in [6, 6.07) is 11.5. The number of carbonyl (C=O) groups excluding carboxylic acids is 1. The predicted octanol–water partition coefficient (Wildman–Crippen LogP) is 4.94. The topological polar surface area (TPSA) is 17.1 Å². The van der Waals surface area contributed by atoms with Gasteiger partial charge in [-0.05, 0) is 30.7 Å². The molecule has 0 atom stereocenters. The highest BCUT2D eigenvalue weighted by atomic mass is 35.5. The number of hydrogen-bond acceptors (Lipinski definition) is 3. The zero-order valence-corrected chi connectivity index (χ0v) is 12.4. The van der Waals surface area contributed by atoms with E-state index in [0.717, 1.165) is 16.2 Å². The van der Waals surface area contributed by atoms with Crippen LogP contribution in [0.4, 0.5) is 0 Å². The molecule has 4 heteroatoms. The predicted molar refractivity (Wildman–Crippen MR) is 80.2 cm³/mol. The molecule has 1 aromatic heterocycles. The Labute approximate surface area is 120 Å². The molecule has 1 heterocycles. The minimum atomic E-state index is 0.171. The van der Waals surface area contributed by atoms with Crippen LogP contribution in [0.5, 0.6) is 0 Å². The first-order chi connectivity index (χ1) is 8.70. The second-order valence-corrected chi connectivity index (χ2v) is 6.35. The van der Waals surface area contributed by atoms with Gasteiger partial charge in [0.2, 0.25) is 0 Å². The molecule has 2 rings (SSSR count). The smallest absolute Gasteiger partial charge is 0.182 e. The molecule has 0 spiro atoms. The van der Waals surface area contributed by atoms with Crippen molar-refractivity contribution in [1.29, 1.82) is 0 Å². The number of aryl methyl sites for hydroxylation is 1. The summed E-state index contributed by atoms with van der Waals surface area (Å²) in [5, 5.41) is 0.704. The van der Waals surface area contributed by atoms with E-state index in [1.54, 1.807) is 11.3 Å². The van der Waals surface area contributed by atoms with Gasteiger partial charge in [-0.3, -0.25) is 4.79 Å². The highest BCUT2D eigenvalue weighted by Gasteiger charge is 2.10. The molecule has 0 saturated carbocycles. The summed E-state index contributed by atoms with van der Waals surface area (Å²) in [6.45, 7) is 2.10. The number of halogens is 1. The van der Waals surface area contributed by atoms with Crippen molar-refractivity contribution in [3.05, 3.63) is 51.2 Å². The van der Waals surface area contributed by atoms with Crippen LogP contribution >= 0.6 is 34.7 Å². The van der Waals surface area contributed by atoms with E-state index < -0.39 is 0 Å². The number of ketones is 1. The second kappa shape index (κ2) is 6.41. The molecular weight excluding hydrogens is 284 g/mol. The van der Waals surface area contributed by atoms with Gasteiger partial charge in [0.1, 0.15) is 0 Å². The minimum absolute atomic E-state index is 0.171. The highest BCUT2D eigenvalue weighted by molar-refractivity contribution is 8.00. The Bertz CT molecular complexity index is 548. The van der Waals surface area contributed by atoms with Crippen LogP contribution in [0.3, 0.4) is 0 Å². The molecule has 18 heavy (non-hydrogen) atoms. The Morgan fingerprint density at radius 3 is 2.72 bits per heavy atom. The third-order valence-electron chi connectivity index (χ3n) is 2.48. The Balaban J connectivity index is 1.98. The molecule has 0 unspecified atom stereocenters.